The lowest BCUT2D eigenvalue weighted by atomic mass is 10.1. The van der Waals surface area contributed by atoms with E-state index in [0.717, 1.165) is 32.1 Å². The van der Waals surface area contributed by atoms with Crippen molar-refractivity contribution < 1.29 is 29.2 Å². The van der Waals surface area contributed by atoms with Crippen molar-refractivity contribution in [2.24, 2.45) is 0 Å². The summed E-state index contributed by atoms with van der Waals surface area (Å²) in [6, 6.07) is 6.71. The van der Waals surface area contributed by atoms with Gasteiger partial charge in [0.1, 0.15) is 12.1 Å². The van der Waals surface area contributed by atoms with Gasteiger partial charge in [0.15, 0.2) is 23.0 Å². The molecule has 0 saturated carbocycles. The zero-order valence-electron chi connectivity index (χ0n) is 29.4. The first-order chi connectivity index (χ1) is 23.4. The Bertz CT molecular complexity index is 1410. The molecule has 0 amide bonds. The summed E-state index contributed by atoms with van der Waals surface area (Å²) in [6.45, 7) is 8.31. The molecule has 0 bridgehead atoms. The molecule has 0 spiro atoms. The van der Waals surface area contributed by atoms with Gasteiger partial charge in [-0.1, -0.05) is 78.1 Å². The van der Waals surface area contributed by atoms with E-state index in [0.29, 0.717) is 46.1 Å². The lowest BCUT2D eigenvalue weighted by Crippen LogP contribution is -2.28. The fraction of sp³-hybridized carbons (Fsp3) is 0.553. The zero-order valence-corrected chi connectivity index (χ0v) is 29.4. The van der Waals surface area contributed by atoms with Crippen LogP contribution < -0.4 is 19.5 Å². The number of carboxylic acids is 1. The molecule has 1 aromatic heterocycles. The van der Waals surface area contributed by atoms with E-state index in [2.05, 4.69) is 34.0 Å². The second-order valence-electron chi connectivity index (χ2n) is 12.2. The van der Waals surface area contributed by atoms with Crippen LogP contribution in [0.2, 0.25) is 0 Å². The Balaban J connectivity index is 1.72. The number of hydrogen-bond acceptors (Lipinski definition) is 9. The van der Waals surface area contributed by atoms with Crippen LogP contribution in [0.5, 0.6) is 23.0 Å². The molecule has 264 valence electrons. The van der Waals surface area contributed by atoms with Crippen molar-refractivity contribution >= 4 is 34.5 Å². The highest BCUT2D eigenvalue weighted by atomic mass is 16.5. The van der Waals surface area contributed by atoms with Gasteiger partial charge in [0, 0.05) is 29.6 Å². The number of methoxy groups -OCH3 is 2. The van der Waals surface area contributed by atoms with Crippen molar-refractivity contribution in [2.75, 3.05) is 45.8 Å². The van der Waals surface area contributed by atoms with E-state index in [9.17, 15) is 15.0 Å². The summed E-state index contributed by atoms with van der Waals surface area (Å²) in [5, 5.41) is 23.6. The minimum absolute atomic E-state index is 0.0986. The first-order valence-corrected chi connectivity index (χ1v) is 17.7. The number of rotatable bonds is 25. The maximum absolute atomic E-state index is 11.2. The summed E-state index contributed by atoms with van der Waals surface area (Å²) in [7, 11) is 3.04. The molecule has 0 saturated heterocycles. The van der Waals surface area contributed by atoms with Crippen LogP contribution >= 0.6 is 0 Å². The molecule has 0 aliphatic rings. The third kappa shape index (κ3) is 12.5. The number of benzene rings is 2. The van der Waals surface area contributed by atoms with Crippen LogP contribution in [-0.4, -0.2) is 71.5 Å². The van der Waals surface area contributed by atoms with Gasteiger partial charge in [-0.05, 0) is 56.6 Å². The van der Waals surface area contributed by atoms with E-state index < -0.39 is 5.97 Å². The molecular weight excluding hydrogens is 608 g/mol. The number of phenols is 1. The summed E-state index contributed by atoms with van der Waals surface area (Å²) in [5.41, 5.74) is 1.49. The van der Waals surface area contributed by atoms with Crippen LogP contribution in [0.25, 0.3) is 17.0 Å². The number of nitrogens with zero attached hydrogens (tertiary/aromatic N) is 3. The maximum atomic E-state index is 11.2. The molecule has 0 unspecified atom stereocenters. The SMILES string of the molecule is CCCCCCCCN(CCCCCCCC)CCCOc1cc2c(Nc3c(/C=C/C(=O)O)ccc(O)c3OC)ncnc2cc1OC. The van der Waals surface area contributed by atoms with Crippen LogP contribution in [0.3, 0.4) is 0 Å². The molecule has 10 nitrogen and oxygen atoms in total. The molecule has 0 radical (unpaired) electrons. The number of carboxylic acid groups (broad SMARTS) is 1. The van der Waals surface area contributed by atoms with Gasteiger partial charge in [-0.2, -0.15) is 0 Å². The highest BCUT2D eigenvalue weighted by Gasteiger charge is 2.17. The quantitative estimate of drug-likeness (QED) is 0.0597. The molecule has 48 heavy (non-hydrogen) atoms. The second-order valence-corrected chi connectivity index (χ2v) is 12.2. The van der Waals surface area contributed by atoms with Crippen LogP contribution in [0.15, 0.2) is 36.7 Å². The summed E-state index contributed by atoms with van der Waals surface area (Å²) in [5.74, 6) is 0.551. The third-order valence-corrected chi connectivity index (χ3v) is 8.47. The number of carbonyl (C=O) groups is 1. The van der Waals surface area contributed by atoms with Crippen LogP contribution in [-0.2, 0) is 4.79 Å². The van der Waals surface area contributed by atoms with E-state index in [1.54, 1.807) is 13.2 Å². The largest absolute Gasteiger partial charge is 0.504 e. The first kappa shape index (κ1) is 38.4. The number of aromatic hydroxyl groups is 1. The van der Waals surface area contributed by atoms with Crippen LogP contribution in [0, 0.1) is 0 Å². The minimum Gasteiger partial charge on any atom is -0.504 e. The lowest BCUT2D eigenvalue weighted by molar-refractivity contribution is -0.131. The maximum Gasteiger partial charge on any atom is 0.328 e. The predicted octanol–water partition coefficient (Wildman–Crippen LogP) is 8.99. The fourth-order valence-electron chi connectivity index (χ4n) is 5.81. The number of unbranched alkanes of at least 4 members (excludes halogenated alkanes) is 10. The smallest absolute Gasteiger partial charge is 0.328 e. The highest BCUT2D eigenvalue weighted by Crippen LogP contribution is 2.41. The van der Waals surface area contributed by atoms with Crippen molar-refractivity contribution in [3.05, 3.63) is 42.2 Å². The summed E-state index contributed by atoms with van der Waals surface area (Å²) in [6.07, 6.45) is 20.4. The molecule has 1 heterocycles. The van der Waals surface area contributed by atoms with Gasteiger partial charge in [0.25, 0.3) is 0 Å². The van der Waals surface area contributed by atoms with Gasteiger partial charge >= 0.3 is 5.97 Å². The number of aromatic nitrogens is 2. The monoisotopic (exact) mass is 664 g/mol. The molecule has 0 atom stereocenters. The lowest BCUT2D eigenvalue weighted by Gasteiger charge is -2.22. The Kier molecular flexibility index (Phi) is 17.4. The normalized spacial score (nSPS) is 11.4. The van der Waals surface area contributed by atoms with Crippen LogP contribution in [0.4, 0.5) is 11.5 Å². The van der Waals surface area contributed by atoms with Crippen LogP contribution in [0.1, 0.15) is 103 Å². The van der Waals surface area contributed by atoms with Gasteiger partial charge in [0.05, 0.1) is 32.0 Å². The minimum atomic E-state index is -1.10. The standard InChI is InChI=1S/C38H56N4O6/c1-5-7-9-11-13-15-22-42(23-16-14-12-10-8-6-2)24-17-25-48-34-26-30-31(27-33(34)46-3)39-28-40-38(30)41-36-29(19-21-35(44)45)18-20-32(43)37(36)47-4/h18-21,26-28,43H,5-17,22-25H2,1-4H3,(H,44,45)(H,39,40,41)/b21-19+. The van der Waals surface area contributed by atoms with Crippen molar-refractivity contribution in [3.8, 4) is 23.0 Å². The van der Waals surface area contributed by atoms with Gasteiger partial charge < -0.3 is 34.6 Å². The topological polar surface area (TPSA) is 126 Å². The Morgan fingerprint density at radius 2 is 1.48 bits per heavy atom. The first-order valence-electron chi connectivity index (χ1n) is 17.7. The molecular formula is C38H56N4O6. The Morgan fingerprint density at radius 3 is 2.10 bits per heavy atom. The fourth-order valence-corrected chi connectivity index (χ4v) is 5.81. The van der Waals surface area contributed by atoms with Gasteiger partial charge in [-0.25, -0.2) is 14.8 Å². The summed E-state index contributed by atoms with van der Waals surface area (Å²) in [4.78, 5) is 22.7. The number of fused-ring (bicyclic) bond motifs is 1. The predicted molar refractivity (Wildman–Crippen MR) is 194 cm³/mol. The Labute approximate surface area is 286 Å². The zero-order chi connectivity index (χ0) is 34.6. The number of nitrogens with one attached hydrogen (secondary N) is 1. The molecule has 10 heteroatoms. The van der Waals surface area contributed by atoms with Crippen molar-refractivity contribution in [1.82, 2.24) is 14.9 Å². The summed E-state index contributed by atoms with van der Waals surface area (Å²) < 4.78 is 17.4. The number of hydrogen-bond donors (Lipinski definition) is 3. The van der Waals surface area contributed by atoms with Crippen molar-refractivity contribution in [2.45, 2.75) is 97.3 Å². The van der Waals surface area contributed by atoms with E-state index in [1.807, 2.05) is 12.1 Å². The van der Waals surface area contributed by atoms with Crippen molar-refractivity contribution in [1.29, 1.82) is 0 Å². The molecule has 3 N–H and O–H groups in total. The third-order valence-electron chi connectivity index (χ3n) is 8.47. The molecule has 2 aromatic carbocycles. The number of phenolic OH excluding ortho intramolecular Hbond substituents is 1. The molecule has 0 fully saturated rings. The van der Waals surface area contributed by atoms with E-state index >= 15 is 0 Å². The summed E-state index contributed by atoms with van der Waals surface area (Å²) >= 11 is 0. The second kappa shape index (κ2) is 21.8. The number of anilines is 2. The average Bonchev–Trinajstić information content (AvgIpc) is 3.08. The van der Waals surface area contributed by atoms with Gasteiger partial charge in [0.2, 0.25) is 0 Å². The molecule has 0 aliphatic carbocycles. The molecule has 0 aliphatic heterocycles. The van der Waals surface area contributed by atoms with E-state index in [1.165, 1.54) is 103 Å². The van der Waals surface area contributed by atoms with Gasteiger partial charge in [-0.15, -0.1) is 0 Å². The number of aliphatic carboxylic acids is 1. The molecule has 3 rings (SSSR count). The van der Waals surface area contributed by atoms with E-state index in [4.69, 9.17) is 14.2 Å². The Hall–Kier alpha value is -4.05. The average molecular weight is 665 g/mol. The number of ether oxygens (including phenoxy) is 3. The van der Waals surface area contributed by atoms with Crippen molar-refractivity contribution in [3.63, 3.8) is 0 Å². The van der Waals surface area contributed by atoms with Gasteiger partial charge in [-0.3, -0.25) is 0 Å². The molecule has 3 aromatic rings. The Morgan fingerprint density at radius 1 is 0.833 bits per heavy atom. The highest BCUT2D eigenvalue weighted by molar-refractivity contribution is 5.95. The van der Waals surface area contributed by atoms with E-state index in [-0.39, 0.29) is 11.5 Å².